The third-order valence-electron chi connectivity index (χ3n) is 2.67. The summed E-state index contributed by atoms with van der Waals surface area (Å²) in [4.78, 5) is 11.7. The summed E-state index contributed by atoms with van der Waals surface area (Å²) in [6.07, 6.45) is 2.40. The van der Waals surface area contributed by atoms with Crippen molar-refractivity contribution in [2.75, 3.05) is 0 Å². The van der Waals surface area contributed by atoms with E-state index in [1.807, 2.05) is 20.8 Å². The van der Waals surface area contributed by atoms with Crippen LogP contribution in [0.3, 0.4) is 0 Å². The zero-order chi connectivity index (χ0) is 11.4. The van der Waals surface area contributed by atoms with Gasteiger partial charge in [-0.25, -0.2) is 0 Å². The molecule has 0 aliphatic carbocycles. The van der Waals surface area contributed by atoms with Gasteiger partial charge in [0.05, 0.1) is 5.56 Å². The SMILES string of the molecule is CCCCC(=O)c1cc(C)c(C)cc1O. The van der Waals surface area contributed by atoms with Gasteiger partial charge in [-0.2, -0.15) is 0 Å². The van der Waals surface area contributed by atoms with Crippen molar-refractivity contribution in [2.24, 2.45) is 0 Å². The first-order valence-corrected chi connectivity index (χ1v) is 5.39. The van der Waals surface area contributed by atoms with Gasteiger partial charge in [-0.15, -0.1) is 0 Å². The zero-order valence-electron chi connectivity index (χ0n) is 9.63. The van der Waals surface area contributed by atoms with Crippen LogP contribution in [0.4, 0.5) is 0 Å². The number of aryl methyl sites for hydroxylation is 2. The summed E-state index contributed by atoms with van der Waals surface area (Å²) in [5, 5.41) is 9.66. The minimum atomic E-state index is 0.0393. The molecular formula is C13H18O2. The molecule has 1 aromatic carbocycles. The highest BCUT2D eigenvalue weighted by Gasteiger charge is 2.11. The normalized spacial score (nSPS) is 10.3. The molecule has 0 aromatic heterocycles. The van der Waals surface area contributed by atoms with Crippen LogP contribution < -0.4 is 0 Å². The van der Waals surface area contributed by atoms with Gasteiger partial charge in [0.1, 0.15) is 5.75 Å². The van der Waals surface area contributed by atoms with Gasteiger partial charge < -0.3 is 5.11 Å². The Balaban J connectivity index is 2.94. The summed E-state index contributed by atoms with van der Waals surface area (Å²) in [5.74, 6) is 0.150. The molecule has 0 amide bonds. The van der Waals surface area contributed by atoms with E-state index < -0.39 is 0 Å². The molecule has 0 atom stereocenters. The third-order valence-corrected chi connectivity index (χ3v) is 2.67. The number of phenolic OH excluding ortho intramolecular Hbond substituents is 1. The number of ketones is 1. The summed E-state index contributed by atoms with van der Waals surface area (Å²) in [7, 11) is 0. The van der Waals surface area contributed by atoms with Crippen molar-refractivity contribution in [1.29, 1.82) is 0 Å². The van der Waals surface area contributed by atoms with Crippen LogP contribution >= 0.6 is 0 Å². The largest absolute Gasteiger partial charge is 0.507 e. The number of phenols is 1. The summed E-state index contributed by atoms with van der Waals surface area (Å²) in [6, 6.07) is 3.44. The van der Waals surface area contributed by atoms with Gasteiger partial charge in [0, 0.05) is 6.42 Å². The van der Waals surface area contributed by atoms with Crippen LogP contribution in [0, 0.1) is 13.8 Å². The van der Waals surface area contributed by atoms with Crippen LogP contribution in [0.15, 0.2) is 12.1 Å². The highest BCUT2D eigenvalue weighted by atomic mass is 16.3. The van der Waals surface area contributed by atoms with E-state index in [1.165, 1.54) is 0 Å². The van der Waals surface area contributed by atoms with Gasteiger partial charge in [0.2, 0.25) is 0 Å². The van der Waals surface area contributed by atoms with Crippen molar-refractivity contribution in [3.8, 4) is 5.75 Å². The fourth-order valence-corrected chi connectivity index (χ4v) is 1.50. The van der Waals surface area contributed by atoms with Crippen molar-refractivity contribution in [1.82, 2.24) is 0 Å². The van der Waals surface area contributed by atoms with Crippen LogP contribution in [0.1, 0.15) is 47.7 Å². The molecule has 0 spiro atoms. The van der Waals surface area contributed by atoms with Crippen molar-refractivity contribution in [2.45, 2.75) is 40.0 Å². The summed E-state index contributed by atoms with van der Waals surface area (Å²) >= 11 is 0. The topological polar surface area (TPSA) is 37.3 Å². The average molecular weight is 206 g/mol. The molecule has 1 N–H and O–H groups in total. The number of carbonyl (C=O) groups excluding carboxylic acids is 1. The number of rotatable bonds is 4. The van der Waals surface area contributed by atoms with E-state index in [0.717, 1.165) is 24.0 Å². The molecular weight excluding hydrogens is 188 g/mol. The summed E-state index contributed by atoms with van der Waals surface area (Å²) in [6.45, 7) is 5.92. The van der Waals surface area contributed by atoms with Crippen LogP contribution in [0.5, 0.6) is 5.75 Å². The van der Waals surface area contributed by atoms with Gasteiger partial charge in [0.25, 0.3) is 0 Å². The highest BCUT2D eigenvalue weighted by molar-refractivity contribution is 5.98. The molecule has 0 fully saturated rings. The molecule has 1 aromatic rings. The number of hydrogen-bond acceptors (Lipinski definition) is 2. The second kappa shape index (κ2) is 4.96. The van der Waals surface area contributed by atoms with Crippen molar-refractivity contribution >= 4 is 5.78 Å². The van der Waals surface area contributed by atoms with Gasteiger partial charge in [0.15, 0.2) is 5.78 Å². The number of benzene rings is 1. The molecule has 0 heterocycles. The van der Waals surface area contributed by atoms with E-state index in [2.05, 4.69) is 0 Å². The van der Waals surface area contributed by atoms with E-state index in [1.54, 1.807) is 12.1 Å². The quantitative estimate of drug-likeness (QED) is 0.767. The lowest BCUT2D eigenvalue weighted by molar-refractivity contribution is 0.0977. The number of unbranched alkanes of at least 4 members (excludes halogenated alkanes) is 1. The molecule has 2 heteroatoms. The molecule has 1 rings (SSSR count). The molecule has 2 nitrogen and oxygen atoms in total. The van der Waals surface area contributed by atoms with Gasteiger partial charge in [-0.1, -0.05) is 13.3 Å². The number of aromatic hydroxyl groups is 1. The molecule has 0 aliphatic rings. The Morgan fingerprint density at radius 1 is 1.27 bits per heavy atom. The monoisotopic (exact) mass is 206 g/mol. The fraction of sp³-hybridized carbons (Fsp3) is 0.462. The van der Waals surface area contributed by atoms with Crippen LogP contribution in [-0.2, 0) is 0 Å². The average Bonchev–Trinajstić information content (AvgIpc) is 2.20. The second-order valence-electron chi connectivity index (χ2n) is 3.98. The lowest BCUT2D eigenvalue weighted by Gasteiger charge is -2.07. The van der Waals surface area contributed by atoms with Crippen molar-refractivity contribution in [3.05, 3.63) is 28.8 Å². The highest BCUT2D eigenvalue weighted by Crippen LogP contribution is 2.23. The number of hydrogen-bond donors (Lipinski definition) is 1. The lowest BCUT2D eigenvalue weighted by Crippen LogP contribution is -2.00. The summed E-state index contributed by atoms with van der Waals surface area (Å²) < 4.78 is 0. The Labute approximate surface area is 90.9 Å². The van der Waals surface area contributed by atoms with E-state index in [-0.39, 0.29) is 11.5 Å². The molecule has 0 radical (unpaired) electrons. The van der Waals surface area contributed by atoms with Gasteiger partial charge >= 0.3 is 0 Å². The van der Waals surface area contributed by atoms with Crippen LogP contribution in [0.25, 0.3) is 0 Å². The summed E-state index contributed by atoms with van der Waals surface area (Å²) in [5.41, 5.74) is 2.53. The molecule has 0 saturated heterocycles. The Morgan fingerprint density at radius 2 is 1.87 bits per heavy atom. The maximum atomic E-state index is 11.7. The number of Topliss-reactive ketones (excluding diaryl/α,β-unsaturated/α-hetero) is 1. The predicted molar refractivity (Wildman–Crippen MR) is 61.4 cm³/mol. The first-order valence-electron chi connectivity index (χ1n) is 5.39. The Morgan fingerprint density at radius 3 is 2.47 bits per heavy atom. The van der Waals surface area contributed by atoms with E-state index in [4.69, 9.17) is 0 Å². The minimum Gasteiger partial charge on any atom is -0.507 e. The molecule has 82 valence electrons. The Hall–Kier alpha value is -1.31. The molecule has 15 heavy (non-hydrogen) atoms. The Bertz CT molecular complexity index is 367. The predicted octanol–water partition coefficient (Wildman–Crippen LogP) is 3.38. The van der Waals surface area contributed by atoms with Gasteiger partial charge in [-0.05, 0) is 43.5 Å². The molecule has 0 aliphatic heterocycles. The smallest absolute Gasteiger partial charge is 0.166 e. The van der Waals surface area contributed by atoms with Crippen molar-refractivity contribution in [3.63, 3.8) is 0 Å². The maximum Gasteiger partial charge on any atom is 0.166 e. The number of carbonyl (C=O) groups is 1. The van der Waals surface area contributed by atoms with Gasteiger partial charge in [-0.3, -0.25) is 4.79 Å². The first kappa shape index (κ1) is 11.8. The van der Waals surface area contributed by atoms with Crippen LogP contribution in [-0.4, -0.2) is 10.9 Å². The Kier molecular flexibility index (Phi) is 3.89. The lowest BCUT2D eigenvalue weighted by atomic mass is 9.99. The van der Waals surface area contributed by atoms with Crippen molar-refractivity contribution < 1.29 is 9.90 Å². The fourth-order valence-electron chi connectivity index (χ4n) is 1.50. The molecule has 0 saturated carbocycles. The van der Waals surface area contributed by atoms with E-state index >= 15 is 0 Å². The minimum absolute atomic E-state index is 0.0393. The first-order chi connectivity index (χ1) is 7.06. The standard InChI is InChI=1S/C13H18O2/c1-4-5-6-12(14)11-7-9(2)10(3)8-13(11)15/h7-8,15H,4-6H2,1-3H3. The zero-order valence-corrected chi connectivity index (χ0v) is 9.63. The van der Waals surface area contributed by atoms with E-state index in [9.17, 15) is 9.90 Å². The van der Waals surface area contributed by atoms with E-state index in [0.29, 0.717) is 12.0 Å². The second-order valence-corrected chi connectivity index (χ2v) is 3.98. The third kappa shape index (κ3) is 2.82. The molecule has 0 unspecified atom stereocenters. The maximum absolute atomic E-state index is 11.7. The van der Waals surface area contributed by atoms with Crippen LogP contribution in [0.2, 0.25) is 0 Å². The molecule has 0 bridgehead atoms.